The minimum absolute atomic E-state index is 0.232. The molecule has 0 saturated heterocycles. The zero-order chi connectivity index (χ0) is 19.6. The molecule has 2 aromatic carbocycles. The molecule has 27 heavy (non-hydrogen) atoms. The summed E-state index contributed by atoms with van der Waals surface area (Å²) >= 11 is 0. The number of hydrogen-bond donors (Lipinski definition) is 1. The highest BCUT2D eigenvalue weighted by atomic mass is 19.1. The first-order chi connectivity index (χ1) is 12.8. The SMILES string of the molecule is Cc1ccc(Cn2nc(C)c(CN[C@H](C)c3ccc(F)cc3F)c2C)cc1. The molecule has 5 heteroatoms. The second-order valence-electron chi connectivity index (χ2n) is 7.06. The fourth-order valence-electron chi connectivity index (χ4n) is 3.23. The highest BCUT2D eigenvalue weighted by molar-refractivity contribution is 5.28. The molecule has 142 valence electrons. The van der Waals surface area contributed by atoms with Gasteiger partial charge in [-0.2, -0.15) is 5.10 Å². The van der Waals surface area contributed by atoms with E-state index < -0.39 is 11.6 Å². The predicted molar refractivity (Wildman–Crippen MR) is 104 cm³/mol. The van der Waals surface area contributed by atoms with Gasteiger partial charge in [0, 0.05) is 35.5 Å². The van der Waals surface area contributed by atoms with Gasteiger partial charge in [-0.1, -0.05) is 35.9 Å². The van der Waals surface area contributed by atoms with Crippen molar-refractivity contribution in [3.05, 3.63) is 87.7 Å². The van der Waals surface area contributed by atoms with E-state index in [1.54, 1.807) is 0 Å². The highest BCUT2D eigenvalue weighted by Gasteiger charge is 2.15. The summed E-state index contributed by atoms with van der Waals surface area (Å²) in [5.74, 6) is -1.09. The van der Waals surface area contributed by atoms with Crippen molar-refractivity contribution in [3.8, 4) is 0 Å². The van der Waals surface area contributed by atoms with Crippen LogP contribution in [0, 0.1) is 32.4 Å². The van der Waals surface area contributed by atoms with Crippen LogP contribution in [0.5, 0.6) is 0 Å². The van der Waals surface area contributed by atoms with E-state index in [-0.39, 0.29) is 6.04 Å². The van der Waals surface area contributed by atoms with Gasteiger partial charge in [0.25, 0.3) is 0 Å². The largest absolute Gasteiger partial charge is 0.306 e. The van der Waals surface area contributed by atoms with Crippen LogP contribution in [0.25, 0.3) is 0 Å². The molecule has 0 saturated carbocycles. The van der Waals surface area contributed by atoms with Crippen LogP contribution in [0.4, 0.5) is 8.78 Å². The van der Waals surface area contributed by atoms with Gasteiger partial charge in [-0.15, -0.1) is 0 Å². The van der Waals surface area contributed by atoms with Crippen LogP contribution in [-0.4, -0.2) is 9.78 Å². The maximum Gasteiger partial charge on any atom is 0.130 e. The third-order valence-corrected chi connectivity index (χ3v) is 5.00. The average molecular weight is 369 g/mol. The lowest BCUT2D eigenvalue weighted by Crippen LogP contribution is -2.20. The van der Waals surface area contributed by atoms with Gasteiger partial charge in [0.2, 0.25) is 0 Å². The van der Waals surface area contributed by atoms with Crippen LogP contribution >= 0.6 is 0 Å². The number of hydrogen-bond acceptors (Lipinski definition) is 2. The maximum atomic E-state index is 14.0. The summed E-state index contributed by atoms with van der Waals surface area (Å²) in [5.41, 5.74) is 6.05. The van der Waals surface area contributed by atoms with Crippen LogP contribution in [0.2, 0.25) is 0 Å². The van der Waals surface area contributed by atoms with E-state index in [1.165, 1.54) is 23.3 Å². The Morgan fingerprint density at radius 2 is 1.74 bits per heavy atom. The van der Waals surface area contributed by atoms with Crippen molar-refractivity contribution < 1.29 is 8.78 Å². The first-order valence-corrected chi connectivity index (χ1v) is 9.12. The molecule has 0 fully saturated rings. The second-order valence-corrected chi connectivity index (χ2v) is 7.06. The molecule has 1 atom stereocenters. The van der Waals surface area contributed by atoms with Crippen molar-refractivity contribution in [2.45, 2.75) is 46.8 Å². The summed E-state index contributed by atoms with van der Waals surface area (Å²) in [6, 6.07) is 11.9. The molecule has 3 rings (SSSR count). The molecule has 0 radical (unpaired) electrons. The van der Waals surface area contributed by atoms with Crippen LogP contribution in [0.1, 0.15) is 46.6 Å². The number of nitrogens with zero attached hydrogens (tertiary/aromatic N) is 2. The summed E-state index contributed by atoms with van der Waals surface area (Å²) < 4.78 is 29.1. The van der Waals surface area contributed by atoms with Crippen molar-refractivity contribution in [2.24, 2.45) is 0 Å². The van der Waals surface area contributed by atoms with E-state index in [4.69, 9.17) is 0 Å². The molecule has 3 aromatic rings. The molecule has 3 nitrogen and oxygen atoms in total. The molecular weight excluding hydrogens is 344 g/mol. The number of aryl methyl sites for hydroxylation is 2. The third-order valence-electron chi connectivity index (χ3n) is 5.00. The van der Waals surface area contributed by atoms with E-state index in [9.17, 15) is 8.78 Å². The Balaban J connectivity index is 1.71. The van der Waals surface area contributed by atoms with Gasteiger partial charge in [-0.05, 0) is 39.3 Å². The van der Waals surface area contributed by atoms with Crippen molar-refractivity contribution in [2.75, 3.05) is 0 Å². The summed E-state index contributed by atoms with van der Waals surface area (Å²) in [5, 5.41) is 7.99. The van der Waals surface area contributed by atoms with Gasteiger partial charge in [0.15, 0.2) is 0 Å². The highest BCUT2D eigenvalue weighted by Crippen LogP contribution is 2.20. The fraction of sp³-hybridized carbons (Fsp3) is 0.318. The van der Waals surface area contributed by atoms with E-state index in [0.29, 0.717) is 12.1 Å². The van der Waals surface area contributed by atoms with Gasteiger partial charge in [-0.25, -0.2) is 8.78 Å². The first kappa shape index (κ1) is 19.2. The Morgan fingerprint density at radius 1 is 1.04 bits per heavy atom. The molecule has 1 heterocycles. The van der Waals surface area contributed by atoms with Crippen LogP contribution in [-0.2, 0) is 13.1 Å². The molecule has 0 unspecified atom stereocenters. The molecular formula is C22H25F2N3. The van der Waals surface area contributed by atoms with Crippen molar-refractivity contribution >= 4 is 0 Å². The van der Waals surface area contributed by atoms with Gasteiger partial charge in [-0.3, -0.25) is 4.68 Å². The molecule has 1 aromatic heterocycles. The smallest absolute Gasteiger partial charge is 0.130 e. The second kappa shape index (κ2) is 8.01. The third kappa shape index (κ3) is 4.42. The topological polar surface area (TPSA) is 29.9 Å². The van der Waals surface area contributed by atoms with Crippen LogP contribution < -0.4 is 5.32 Å². The molecule has 0 amide bonds. The number of benzene rings is 2. The molecule has 0 aliphatic carbocycles. The summed E-state index contributed by atoms with van der Waals surface area (Å²) in [7, 11) is 0. The minimum atomic E-state index is -0.562. The van der Waals surface area contributed by atoms with Crippen molar-refractivity contribution in [3.63, 3.8) is 0 Å². The lowest BCUT2D eigenvalue weighted by atomic mass is 10.1. The molecule has 0 spiro atoms. The zero-order valence-electron chi connectivity index (χ0n) is 16.2. The molecule has 0 aliphatic rings. The van der Waals surface area contributed by atoms with E-state index in [2.05, 4.69) is 41.6 Å². The monoisotopic (exact) mass is 369 g/mol. The Kier molecular flexibility index (Phi) is 5.71. The Labute approximate surface area is 159 Å². The molecule has 0 bridgehead atoms. The number of halogens is 2. The lowest BCUT2D eigenvalue weighted by Gasteiger charge is -2.15. The van der Waals surface area contributed by atoms with Crippen molar-refractivity contribution in [1.82, 2.24) is 15.1 Å². The Morgan fingerprint density at radius 3 is 2.41 bits per heavy atom. The zero-order valence-corrected chi connectivity index (χ0v) is 16.2. The van der Waals surface area contributed by atoms with Gasteiger partial charge in [0.05, 0.1) is 12.2 Å². The number of aromatic nitrogens is 2. The standard InChI is InChI=1S/C22H25F2N3/c1-14-5-7-18(8-6-14)13-27-17(4)21(16(3)26-27)12-25-15(2)20-10-9-19(23)11-22(20)24/h5-11,15,25H,12-13H2,1-4H3/t15-/m1/s1. The Hall–Kier alpha value is -2.53. The lowest BCUT2D eigenvalue weighted by molar-refractivity contribution is 0.516. The maximum absolute atomic E-state index is 14.0. The van der Waals surface area contributed by atoms with Gasteiger partial charge >= 0.3 is 0 Å². The summed E-state index contributed by atoms with van der Waals surface area (Å²) in [6.45, 7) is 9.27. The number of nitrogens with one attached hydrogen (secondary N) is 1. The predicted octanol–water partition coefficient (Wildman–Crippen LogP) is 4.99. The molecule has 1 N–H and O–H groups in total. The van der Waals surface area contributed by atoms with Crippen molar-refractivity contribution in [1.29, 1.82) is 0 Å². The van der Waals surface area contributed by atoms with E-state index >= 15 is 0 Å². The average Bonchev–Trinajstić information content (AvgIpc) is 2.88. The quantitative estimate of drug-likeness (QED) is 0.664. The minimum Gasteiger partial charge on any atom is -0.306 e. The normalized spacial score (nSPS) is 12.4. The summed E-state index contributed by atoms with van der Waals surface area (Å²) in [4.78, 5) is 0. The molecule has 0 aliphatic heterocycles. The van der Waals surface area contributed by atoms with Gasteiger partial charge in [0.1, 0.15) is 11.6 Å². The van der Waals surface area contributed by atoms with Gasteiger partial charge < -0.3 is 5.32 Å². The fourth-order valence-corrected chi connectivity index (χ4v) is 3.23. The summed E-state index contributed by atoms with van der Waals surface area (Å²) in [6.07, 6.45) is 0. The first-order valence-electron chi connectivity index (χ1n) is 9.12. The van der Waals surface area contributed by atoms with Crippen LogP contribution in [0.3, 0.4) is 0 Å². The Bertz CT molecular complexity index is 929. The van der Waals surface area contributed by atoms with E-state index in [0.717, 1.165) is 29.6 Å². The van der Waals surface area contributed by atoms with Crippen LogP contribution in [0.15, 0.2) is 42.5 Å². The number of rotatable bonds is 6. The van der Waals surface area contributed by atoms with E-state index in [1.807, 2.05) is 25.5 Å².